The molecule has 2 amide bonds. The molecule has 2 aromatic carbocycles. The third-order valence-corrected chi connectivity index (χ3v) is 5.86. The first-order valence-corrected chi connectivity index (χ1v) is 10.2. The summed E-state index contributed by atoms with van der Waals surface area (Å²) in [7, 11) is 0. The second-order valence-corrected chi connectivity index (χ2v) is 7.65. The van der Waals surface area contributed by atoms with Crippen LogP contribution < -0.4 is 5.32 Å². The molecule has 2 aliphatic rings. The molecule has 0 fully saturated rings. The maximum absolute atomic E-state index is 12.4. The molecule has 2 heterocycles. The van der Waals surface area contributed by atoms with Crippen molar-refractivity contribution in [3.63, 3.8) is 0 Å². The van der Waals surface area contributed by atoms with Crippen LogP contribution in [-0.4, -0.2) is 47.9 Å². The zero-order valence-electron chi connectivity index (χ0n) is 15.0. The van der Waals surface area contributed by atoms with Crippen molar-refractivity contribution in [1.82, 2.24) is 10.2 Å². The Morgan fingerprint density at radius 1 is 0.963 bits per heavy atom. The molecule has 4 rings (SSSR count). The molecule has 2 aliphatic heterocycles. The summed E-state index contributed by atoms with van der Waals surface area (Å²) in [5.74, 6) is 1.44. The van der Waals surface area contributed by atoms with Gasteiger partial charge in [0.25, 0.3) is 11.8 Å². The van der Waals surface area contributed by atoms with Crippen LogP contribution in [0.25, 0.3) is 0 Å². The van der Waals surface area contributed by atoms with Gasteiger partial charge < -0.3 is 5.32 Å². The highest BCUT2D eigenvalue weighted by Crippen LogP contribution is 2.26. The number of amidine groups is 1. The van der Waals surface area contributed by atoms with Crippen LogP contribution in [-0.2, 0) is 0 Å². The Hall–Kier alpha value is -2.60. The Morgan fingerprint density at radius 2 is 1.63 bits per heavy atom. The SMILES string of the molecule is O=C1c2ccccc2C(=O)N1CCCSc1ccccc1C1=NCCCN1. The zero-order chi connectivity index (χ0) is 18.6. The molecule has 6 heteroatoms. The summed E-state index contributed by atoms with van der Waals surface area (Å²) >= 11 is 1.74. The summed E-state index contributed by atoms with van der Waals surface area (Å²) in [6.07, 6.45) is 1.82. The highest BCUT2D eigenvalue weighted by atomic mass is 32.2. The molecule has 5 nitrogen and oxygen atoms in total. The molecule has 0 bridgehead atoms. The van der Waals surface area contributed by atoms with Gasteiger partial charge in [-0.2, -0.15) is 0 Å². The summed E-state index contributed by atoms with van der Waals surface area (Å²) in [4.78, 5) is 31.9. The molecule has 0 atom stereocenters. The molecule has 138 valence electrons. The van der Waals surface area contributed by atoms with Gasteiger partial charge in [0.05, 0.1) is 11.1 Å². The number of thioether (sulfide) groups is 1. The highest BCUT2D eigenvalue weighted by Gasteiger charge is 2.34. The standard InChI is InChI=1S/C21H21N3O2S/c25-20-15-7-1-2-8-16(15)21(26)24(20)13-6-14-27-18-10-4-3-9-17(18)19-22-11-5-12-23-19/h1-4,7-10H,5-6,11-14H2,(H,22,23). The van der Waals surface area contributed by atoms with Crippen molar-refractivity contribution < 1.29 is 9.59 Å². The molecule has 0 radical (unpaired) electrons. The van der Waals surface area contributed by atoms with Gasteiger partial charge in [-0.05, 0) is 36.8 Å². The van der Waals surface area contributed by atoms with E-state index in [2.05, 4.69) is 22.4 Å². The van der Waals surface area contributed by atoms with E-state index < -0.39 is 0 Å². The second kappa shape index (κ2) is 7.96. The fraction of sp³-hybridized carbons (Fsp3) is 0.286. The normalized spacial score (nSPS) is 16.1. The molecule has 0 aromatic heterocycles. The first-order chi connectivity index (χ1) is 13.3. The fourth-order valence-corrected chi connectivity index (χ4v) is 4.34. The van der Waals surface area contributed by atoms with Crippen LogP contribution in [0.1, 0.15) is 39.1 Å². The topological polar surface area (TPSA) is 61.8 Å². The third-order valence-electron chi connectivity index (χ3n) is 4.70. The smallest absolute Gasteiger partial charge is 0.261 e. The van der Waals surface area contributed by atoms with E-state index in [4.69, 9.17) is 0 Å². The van der Waals surface area contributed by atoms with Crippen LogP contribution in [0, 0.1) is 0 Å². The highest BCUT2D eigenvalue weighted by molar-refractivity contribution is 7.99. The zero-order valence-corrected chi connectivity index (χ0v) is 15.8. The first-order valence-electron chi connectivity index (χ1n) is 9.21. The average Bonchev–Trinajstić information content (AvgIpc) is 2.97. The minimum absolute atomic E-state index is 0.179. The number of aliphatic imine (C=N–C) groups is 1. The van der Waals surface area contributed by atoms with Gasteiger partial charge in [0.15, 0.2) is 0 Å². The lowest BCUT2D eigenvalue weighted by molar-refractivity contribution is 0.0655. The van der Waals surface area contributed by atoms with Gasteiger partial charge in [0.2, 0.25) is 0 Å². The van der Waals surface area contributed by atoms with E-state index in [-0.39, 0.29) is 11.8 Å². The van der Waals surface area contributed by atoms with E-state index in [0.29, 0.717) is 17.7 Å². The molecule has 0 saturated heterocycles. The number of benzene rings is 2. The third kappa shape index (κ3) is 3.62. The maximum Gasteiger partial charge on any atom is 0.261 e. The Labute approximate surface area is 162 Å². The van der Waals surface area contributed by atoms with E-state index in [0.717, 1.165) is 43.1 Å². The predicted octanol–water partition coefficient (Wildman–Crippen LogP) is 3.20. The Bertz CT molecular complexity index is 875. The van der Waals surface area contributed by atoms with Gasteiger partial charge in [-0.15, -0.1) is 11.8 Å². The second-order valence-electron chi connectivity index (χ2n) is 6.52. The van der Waals surface area contributed by atoms with Crippen LogP contribution in [0.3, 0.4) is 0 Å². The number of hydrogen-bond donors (Lipinski definition) is 1. The van der Waals surface area contributed by atoms with Crippen LogP contribution in [0.2, 0.25) is 0 Å². The van der Waals surface area contributed by atoms with Crippen LogP contribution >= 0.6 is 11.8 Å². The van der Waals surface area contributed by atoms with E-state index in [1.165, 1.54) is 9.80 Å². The summed E-state index contributed by atoms with van der Waals surface area (Å²) in [5, 5.41) is 3.37. The molecular formula is C21H21N3O2S. The Morgan fingerprint density at radius 3 is 2.30 bits per heavy atom. The Kier molecular flexibility index (Phi) is 5.25. The lowest BCUT2D eigenvalue weighted by atomic mass is 10.1. The quantitative estimate of drug-likeness (QED) is 0.476. The molecule has 0 aliphatic carbocycles. The van der Waals surface area contributed by atoms with Gasteiger partial charge in [0, 0.05) is 30.1 Å². The molecule has 0 saturated carbocycles. The van der Waals surface area contributed by atoms with Crippen molar-refractivity contribution >= 4 is 29.4 Å². The van der Waals surface area contributed by atoms with Crippen molar-refractivity contribution in [3.8, 4) is 0 Å². The van der Waals surface area contributed by atoms with Gasteiger partial charge in [-0.3, -0.25) is 19.5 Å². The number of carbonyl (C=O) groups excluding carboxylic acids is 2. The van der Waals surface area contributed by atoms with Crippen molar-refractivity contribution in [2.24, 2.45) is 4.99 Å². The van der Waals surface area contributed by atoms with E-state index >= 15 is 0 Å². The van der Waals surface area contributed by atoms with Crippen molar-refractivity contribution in [3.05, 3.63) is 65.2 Å². The van der Waals surface area contributed by atoms with Crippen molar-refractivity contribution in [1.29, 1.82) is 0 Å². The number of rotatable bonds is 6. The average molecular weight is 379 g/mol. The summed E-state index contributed by atoms with van der Waals surface area (Å²) < 4.78 is 0. The number of imide groups is 1. The summed E-state index contributed by atoms with van der Waals surface area (Å²) in [6, 6.07) is 15.3. The van der Waals surface area contributed by atoms with Crippen molar-refractivity contribution in [2.45, 2.75) is 17.7 Å². The lowest BCUT2D eigenvalue weighted by Gasteiger charge is -2.17. The first kappa shape index (κ1) is 17.8. The molecule has 27 heavy (non-hydrogen) atoms. The summed E-state index contributed by atoms with van der Waals surface area (Å²) in [6.45, 7) is 2.26. The Balaban J connectivity index is 1.36. The van der Waals surface area contributed by atoms with E-state index in [1.807, 2.05) is 12.1 Å². The number of nitrogens with one attached hydrogen (secondary N) is 1. The molecule has 2 aromatic rings. The maximum atomic E-state index is 12.4. The van der Waals surface area contributed by atoms with Gasteiger partial charge in [-0.25, -0.2) is 0 Å². The van der Waals surface area contributed by atoms with E-state index in [9.17, 15) is 9.59 Å². The number of fused-ring (bicyclic) bond motifs is 1. The molecular weight excluding hydrogens is 358 g/mol. The molecule has 0 unspecified atom stereocenters. The number of carbonyl (C=O) groups is 2. The monoisotopic (exact) mass is 379 g/mol. The van der Waals surface area contributed by atoms with Gasteiger partial charge in [-0.1, -0.05) is 30.3 Å². The minimum atomic E-state index is -0.179. The lowest BCUT2D eigenvalue weighted by Crippen LogP contribution is -2.31. The van der Waals surface area contributed by atoms with E-state index in [1.54, 1.807) is 36.0 Å². The molecule has 0 spiro atoms. The predicted molar refractivity (Wildman–Crippen MR) is 108 cm³/mol. The van der Waals surface area contributed by atoms with Crippen LogP contribution in [0.4, 0.5) is 0 Å². The summed E-state index contributed by atoms with van der Waals surface area (Å²) in [5.41, 5.74) is 2.16. The van der Waals surface area contributed by atoms with Gasteiger partial charge >= 0.3 is 0 Å². The minimum Gasteiger partial charge on any atom is -0.370 e. The number of nitrogens with zero attached hydrogens (tertiary/aromatic N) is 2. The number of hydrogen-bond acceptors (Lipinski definition) is 5. The molecule has 1 N–H and O–H groups in total. The van der Waals surface area contributed by atoms with Crippen molar-refractivity contribution in [2.75, 3.05) is 25.4 Å². The fourth-order valence-electron chi connectivity index (χ4n) is 3.35. The largest absolute Gasteiger partial charge is 0.370 e. The number of amides is 2. The van der Waals surface area contributed by atoms with Crippen LogP contribution in [0.15, 0.2) is 58.4 Å². The van der Waals surface area contributed by atoms with Gasteiger partial charge in [0.1, 0.15) is 5.84 Å². The van der Waals surface area contributed by atoms with Crippen LogP contribution in [0.5, 0.6) is 0 Å².